The molecule has 3 aromatic rings. The Hall–Kier alpha value is -4.61. The molecule has 0 unspecified atom stereocenters. The van der Waals surface area contributed by atoms with Gasteiger partial charge < -0.3 is 10.2 Å². The highest BCUT2D eigenvalue weighted by Gasteiger charge is 2.34. The molecule has 0 spiro atoms. The Morgan fingerprint density at radius 2 is 1.90 bits per heavy atom. The van der Waals surface area contributed by atoms with Gasteiger partial charge in [-0.2, -0.15) is 18.2 Å². The third kappa shape index (κ3) is 4.85. The smallest absolute Gasteiger partial charge is 0.321 e. The first-order valence-corrected chi connectivity index (χ1v) is 12.3. The average Bonchev–Trinajstić information content (AvgIpc) is 3.65. The molecule has 2 aromatic heterocycles. The normalized spacial score (nSPS) is 16.2. The lowest BCUT2D eigenvalue weighted by atomic mass is 9.94. The van der Waals surface area contributed by atoms with Gasteiger partial charge in [-0.05, 0) is 61.2 Å². The molecule has 2 aliphatic heterocycles. The SMILES string of the molecule is Cc1ccc(NC(=O)c2cc(C(F)(F)F)ccn2)cc1C1=Cc2cnc(NC(=O)C3CC3)nc2N2CCN=C12. The third-order valence-corrected chi connectivity index (χ3v) is 6.72. The minimum absolute atomic E-state index is 0.0279. The monoisotopic (exact) mass is 533 g/mol. The topological polar surface area (TPSA) is 112 Å². The number of carbonyl (C=O) groups excluding carboxylic acids is 2. The number of benzene rings is 1. The summed E-state index contributed by atoms with van der Waals surface area (Å²) in [6.07, 6.45) is 1.69. The maximum Gasteiger partial charge on any atom is 0.416 e. The number of nitrogens with zero attached hydrogens (tertiary/aromatic N) is 5. The maximum absolute atomic E-state index is 13.1. The fraction of sp³-hybridized carbons (Fsp3) is 0.259. The second-order valence-corrected chi connectivity index (χ2v) is 9.56. The van der Waals surface area contributed by atoms with Crippen molar-refractivity contribution < 1.29 is 22.8 Å². The molecule has 3 aliphatic rings. The summed E-state index contributed by atoms with van der Waals surface area (Å²) in [5, 5.41) is 5.43. The van der Waals surface area contributed by atoms with Crippen molar-refractivity contribution in [2.24, 2.45) is 10.9 Å². The molecule has 9 nitrogen and oxygen atoms in total. The number of amides is 2. The summed E-state index contributed by atoms with van der Waals surface area (Å²) in [6, 6.07) is 6.77. The van der Waals surface area contributed by atoms with E-state index in [-0.39, 0.29) is 23.5 Å². The van der Waals surface area contributed by atoms with Gasteiger partial charge in [0.1, 0.15) is 17.3 Å². The van der Waals surface area contributed by atoms with Crippen molar-refractivity contribution in [1.82, 2.24) is 15.0 Å². The molecule has 39 heavy (non-hydrogen) atoms. The zero-order chi connectivity index (χ0) is 27.3. The van der Waals surface area contributed by atoms with Crippen LogP contribution in [0, 0.1) is 12.8 Å². The van der Waals surface area contributed by atoms with Crippen LogP contribution in [0.2, 0.25) is 0 Å². The Balaban J connectivity index is 1.30. The molecule has 1 aliphatic carbocycles. The number of aliphatic imine (C=N–C) groups is 1. The van der Waals surface area contributed by atoms with Crippen molar-refractivity contribution in [3.8, 4) is 0 Å². The molecule has 2 amide bonds. The van der Waals surface area contributed by atoms with E-state index >= 15 is 0 Å². The highest BCUT2D eigenvalue weighted by atomic mass is 19.4. The van der Waals surface area contributed by atoms with Gasteiger partial charge in [0, 0.05) is 41.7 Å². The summed E-state index contributed by atoms with van der Waals surface area (Å²) in [5.74, 6) is 0.790. The first-order valence-electron chi connectivity index (χ1n) is 12.3. The highest BCUT2D eigenvalue weighted by Crippen LogP contribution is 2.37. The fourth-order valence-electron chi connectivity index (χ4n) is 4.54. The van der Waals surface area contributed by atoms with Crippen molar-refractivity contribution in [2.45, 2.75) is 25.9 Å². The lowest BCUT2D eigenvalue weighted by Gasteiger charge is -2.28. The van der Waals surface area contributed by atoms with E-state index in [1.54, 1.807) is 18.3 Å². The number of amidine groups is 1. The third-order valence-electron chi connectivity index (χ3n) is 6.72. The molecular formula is C27H22F3N7O2. The van der Waals surface area contributed by atoms with Gasteiger partial charge in [-0.3, -0.25) is 24.9 Å². The van der Waals surface area contributed by atoms with Crippen LogP contribution in [0.5, 0.6) is 0 Å². The van der Waals surface area contributed by atoms with E-state index in [1.165, 1.54) is 0 Å². The molecule has 0 saturated heterocycles. The minimum atomic E-state index is -4.58. The fourth-order valence-corrected chi connectivity index (χ4v) is 4.54. The van der Waals surface area contributed by atoms with Crippen molar-refractivity contribution in [3.63, 3.8) is 0 Å². The van der Waals surface area contributed by atoms with Crippen molar-refractivity contribution in [3.05, 3.63) is 70.7 Å². The molecule has 2 N–H and O–H groups in total. The molecule has 6 rings (SSSR count). The van der Waals surface area contributed by atoms with Crippen LogP contribution in [0.25, 0.3) is 11.6 Å². The van der Waals surface area contributed by atoms with Crippen LogP contribution in [-0.4, -0.2) is 45.7 Å². The lowest BCUT2D eigenvalue weighted by Crippen LogP contribution is -2.33. The van der Waals surface area contributed by atoms with Gasteiger partial charge in [0.05, 0.1) is 12.1 Å². The maximum atomic E-state index is 13.1. The largest absolute Gasteiger partial charge is 0.416 e. The number of anilines is 3. The van der Waals surface area contributed by atoms with E-state index < -0.39 is 17.6 Å². The number of aryl methyl sites for hydroxylation is 1. The summed E-state index contributed by atoms with van der Waals surface area (Å²) >= 11 is 0. The second-order valence-electron chi connectivity index (χ2n) is 9.56. The van der Waals surface area contributed by atoms with Gasteiger partial charge in [0.2, 0.25) is 11.9 Å². The van der Waals surface area contributed by atoms with E-state index in [2.05, 4.69) is 30.6 Å². The van der Waals surface area contributed by atoms with Crippen LogP contribution in [0.4, 0.5) is 30.6 Å². The molecular weight excluding hydrogens is 511 g/mol. The van der Waals surface area contributed by atoms with Crippen LogP contribution in [0.1, 0.15) is 45.6 Å². The van der Waals surface area contributed by atoms with Crippen LogP contribution in [0.3, 0.4) is 0 Å². The van der Waals surface area contributed by atoms with E-state index in [0.717, 1.165) is 53.4 Å². The predicted octanol–water partition coefficient (Wildman–Crippen LogP) is 4.57. The van der Waals surface area contributed by atoms with E-state index in [4.69, 9.17) is 0 Å². The molecule has 1 aromatic carbocycles. The van der Waals surface area contributed by atoms with Gasteiger partial charge in [-0.15, -0.1) is 0 Å². The summed E-state index contributed by atoms with van der Waals surface area (Å²) < 4.78 is 39.2. The molecule has 1 fully saturated rings. The van der Waals surface area contributed by atoms with Gasteiger partial charge >= 0.3 is 6.18 Å². The molecule has 12 heteroatoms. The zero-order valence-corrected chi connectivity index (χ0v) is 20.7. The Morgan fingerprint density at radius 3 is 2.67 bits per heavy atom. The Bertz CT molecular complexity index is 1580. The minimum Gasteiger partial charge on any atom is -0.321 e. The van der Waals surface area contributed by atoms with Crippen molar-refractivity contribution in [2.75, 3.05) is 28.6 Å². The number of nitrogens with one attached hydrogen (secondary N) is 2. The number of pyridine rings is 1. The number of aromatic nitrogens is 3. The number of hydrogen-bond acceptors (Lipinski definition) is 7. The number of hydrogen-bond donors (Lipinski definition) is 2. The van der Waals surface area contributed by atoms with E-state index in [1.807, 2.05) is 24.0 Å². The number of alkyl halides is 3. The number of carbonyl (C=O) groups is 2. The van der Waals surface area contributed by atoms with Gasteiger partial charge in [-0.25, -0.2) is 4.98 Å². The lowest BCUT2D eigenvalue weighted by molar-refractivity contribution is -0.137. The number of halogens is 3. The molecule has 4 heterocycles. The van der Waals surface area contributed by atoms with Gasteiger partial charge in [-0.1, -0.05) is 6.07 Å². The van der Waals surface area contributed by atoms with Crippen LogP contribution in [-0.2, 0) is 11.0 Å². The highest BCUT2D eigenvalue weighted by molar-refractivity contribution is 6.36. The summed E-state index contributed by atoms with van der Waals surface area (Å²) in [4.78, 5) is 44.3. The Morgan fingerprint density at radius 1 is 1.08 bits per heavy atom. The molecule has 1 saturated carbocycles. The quantitative estimate of drug-likeness (QED) is 0.497. The number of fused-ring (bicyclic) bond motifs is 3. The Labute approximate surface area is 220 Å². The Kier molecular flexibility index (Phi) is 5.89. The summed E-state index contributed by atoms with van der Waals surface area (Å²) in [6.45, 7) is 3.07. The summed E-state index contributed by atoms with van der Waals surface area (Å²) in [5.41, 5.74) is 2.34. The molecule has 0 atom stereocenters. The van der Waals surface area contributed by atoms with Gasteiger partial charge in [0.15, 0.2) is 0 Å². The molecule has 0 radical (unpaired) electrons. The first kappa shape index (κ1) is 24.7. The first-order chi connectivity index (χ1) is 18.7. The van der Waals surface area contributed by atoms with Crippen LogP contribution in [0.15, 0.2) is 47.7 Å². The van der Waals surface area contributed by atoms with Crippen LogP contribution >= 0.6 is 0 Å². The van der Waals surface area contributed by atoms with Gasteiger partial charge in [0.25, 0.3) is 5.91 Å². The summed E-state index contributed by atoms with van der Waals surface area (Å²) in [7, 11) is 0. The standard InChI is InChI=1S/C27H22F3N7O2/c1-14-2-5-18(34-25(39)21-11-17(6-7-31-21)27(28,29)30)12-19(14)20-10-16-13-33-26(36-24(38)15-3-4-15)35-22(16)37-9-8-32-23(20)37/h2,5-7,10-13,15H,3-4,8-9H2,1H3,(H,34,39)(H,33,35,36,38). The molecule has 198 valence electrons. The van der Waals surface area contributed by atoms with Crippen molar-refractivity contribution >= 4 is 46.8 Å². The zero-order valence-electron chi connectivity index (χ0n) is 20.7. The molecule has 0 bridgehead atoms. The predicted molar refractivity (Wildman–Crippen MR) is 139 cm³/mol. The van der Waals surface area contributed by atoms with E-state index in [9.17, 15) is 22.8 Å². The van der Waals surface area contributed by atoms with Crippen LogP contribution < -0.4 is 15.5 Å². The number of rotatable bonds is 5. The van der Waals surface area contributed by atoms with E-state index in [0.29, 0.717) is 30.4 Å². The average molecular weight is 534 g/mol. The second kappa shape index (κ2) is 9.29. The van der Waals surface area contributed by atoms with Crippen molar-refractivity contribution in [1.29, 1.82) is 0 Å².